The third kappa shape index (κ3) is 2.52. The predicted molar refractivity (Wildman–Crippen MR) is 70.2 cm³/mol. The molecule has 0 saturated heterocycles. The summed E-state index contributed by atoms with van der Waals surface area (Å²) in [7, 11) is 0. The molecule has 0 spiro atoms. The van der Waals surface area contributed by atoms with Gasteiger partial charge < -0.3 is 4.42 Å². The molecule has 98 valence electrons. The van der Waals surface area contributed by atoms with E-state index in [1.165, 1.54) is 32.1 Å². The van der Waals surface area contributed by atoms with Gasteiger partial charge in [-0.05, 0) is 42.7 Å². The van der Waals surface area contributed by atoms with Crippen molar-refractivity contribution in [2.75, 3.05) is 0 Å². The quantitative estimate of drug-likeness (QED) is 0.807. The van der Waals surface area contributed by atoms with Crippen LogP contribution in [0.3, 0.4) is 0 Å². The lowest BCUT2D eigenvalue weighted by atomic mass is 9.66. The van der Waals surface area contributed by atoms with E-state index in [1.54, 1.807) is 12.5 Å². The van der Waals surface area contributed by atoms with Crippen molar-refractivity contribution < 1.29 is 9.21 Å². The van der Waals surface area contributed by atoms with Crippen LogP contribution in [0.15, 0.2) is 23.0 Å². The lowest BCUT2D eigenvalue weighted by Gasteiger charge is -2.38. The number of carbonyl (C=O) groups is 1. The Morgan fingerprint density at radius 2 is 2.00 bits per heavy atom. The molecule has 2 aliphatic carbocycles. The minimum absolute atomic E-state index is 0.319. The van der Waals surface area contributed by atoms with Crippen molar-refractivity contribution in [3.8, 4) is 0 Å². The number of furan rings is 1. The normalized spacial score (nSPS) is 31.9. The van der Waals surface area contributed by atoms with Gasteiger partial charge in [0.1, 0.15) is 5.78 Å². The molecular weight excluding hydrogens is 224 g/mol. The Labute approximate surface area is 109 Å². The fourth-order valence-electron chi connectivity index (χ4n) is 3.90. The van der Waals surface area contributed by atoms with Crippen LogP contribution in [-0.2, 0) is 11.2 Å². The molecule has 18 heavy (non-hydrogen) atoms. The second kappa shape index (κ2) is 5.29. The molecule has 0 aliphatic heterocycles. The summed E-state index contributed by atoms with van der Waals surface area (Å²) in [6.07, 6.45) is 13.0. The molecule has 2 fully saturated rings. The molecule has 2 heteroatoms. The van der Waals surface area contributed by atoms with Crippen LogP contribution in [0, 0.1) is 17.8 Å². The van der Waals surface area contributed by atoms with Gasteiger partial charge in [-0.25, -0.2) is 0 Å². The predicted octanol–water partition coefficient (Wildman–Crippen LogP) is 4.00. The highest BCUT2D eigenvalue weighted by Gasteiger charge is 2.34. The van der Waals surface area contributed by atoms with E-state index in [0.29, 0.717) is 18.1 Å². The van der Waals surface area contributed by atoms with E-state index in [4.69, 9.17) is 4.42 Å². The highest BCUT2D eigenvalue weighted by atomic mass is 16.3. The van der Waals surface area contributed by atoms with Crippen LogP contribution >= 0.6 is 0 Å². The molecule has 3 unspecified atom stereocenters. The van der Waals surface area contributed by atoms with Gasteiger partial charge in [-0.2, -0.15) is 0 Å². The number of ketones is 1. The van der Waals surface area contributed by atoms with Gasteiger partial charge >= 0.3 is 0 Å². The largest absolute Gasteiger partial charge is 0.472 e. The molecule has 0 bridgehead atoms. The Morgan fingerprint density at radius 3 is 2.78 bits per heavy atom. The van der Waals surface area contributed by atoms with Gasteiger partial charge in [0.05, 0.1) is 12.5 Å². The molecule has 0 radical (unpaired) electrons. The standard InChI is InChI=1S/C16H22O2/c17-16(9-12-7-8-18-11-12)15-6-5-13-3-1-2-4-14(13)10-15/h7-8,11,13-15H,1-6,9-10H2. The summed E-state index contributed by atoms with van der Waals surface area (Å²) < 4.78 is 5.04. The summed E-state index contributed by atoms with van der Waals surface area (Å²) in [6, 6.07) is 1.91. The molecule has 2 saturated carbocycles. The second-order valence-corrected chi connectivity index (χ2v) is 6.09. The SMILES string of the molecule is O=C(Cc1ccoc1)C1CCC2CCCCC2C1. The average molecular weight is 246 g/mol. The summed E-state index contributed by atoms with van der Waals surface area (Å²) in [5.41, 5.74) is 1.03. The Kier molecular flexibility index (Phi) is 3.53. The van der Waals surface area contributed by atoms with Crippen LogP contribution in [0.25, 0.3) is 0 Å². The maximum atomic E-state index is 12.3. The van der Waals surface area contributed by atoms with E-state index in [1.807, 2.05) is 6.07 Å². The zero-order chi connectivity index (χ0) is 12.4. The third-order valence-corrected chi connectivity index (χ3v) is 4.95. The molecule has 1 heterocycles. The van der Waals surface area contributed by atoms with Crippen LogP contribution in [0.5, 0.6) is 0 Å². The van der Waals surface area contributed by atoms with Gasteiger partial charge in [-0.15, -0.1) is 0 Å². The lowest BCUT2D eigenvalue weighted by Crippen LogP contribution is -2.31. The topological polar surface area (TPSA) is 30.2 Å². The summed E-state index contributed by atoms with van der Waals surface area (Å²) in [6.45, 7) is 0. The molecule has 1 aromatic rings. The van der Waals surface area contributed by atoms with E-state index in [9.17, 15) is 4.79 Å². The van der Waals surface area contributed by atoms with Gasteiger partial charge in [0.15, 0.2) is 0 Å². The van der Waals surface area contributed by atoms with E-state index in [-0.39, 0.29) is 0 Å². The number of fused-ring (bicyclic) bond motifs is 1. The number of carbonyl (C=O) groups excluding carboxylic acids is 1. The van der Waals surface area contributed by atoms with Gasteiger partial charge in [0.2, 0.25) is 0 Å². The van der Waals surface area contributed by atoms with Gasteiger partial charge in [-0.3, -0.25) is 4.79 Å². The third-order valence-electron chi connectivity index (χ3n) is 4.95. The number of rotatable bonds is 3. The van der Waals surface area contributed by atoms with Crippen LogP contribution in [0.2, 0.25) is 0 Å². The zero-order valence-electron chi connectivity index (χ0n) is 10.9. The molecular formula is C16H22O2. The van der Waals surface area contributed by atoms with Crippen molar-refractivity contribution in [1.82, 2.24) is 0 Å². The Hall–Kier alpha value is -1.05. The van der Waals surface area contributed by atoms with E-state index >= 15 is 0 Å². The van der Waals surface area contributed by atoms with Crippen molar-refractivity contribution in [3.05, 3.63) is 24.2 Å². The first kappa shape index (κ1) is 12.0. The molecule has 2 aliphatic rings. The van der Waals surface area contributed by atoms with Crippen molar-refractivity contribution in [2.24, 2.45) is 17.8 Å². The smallest absolute Gasteiger partial charge is 0.140 e. The Balaban J connectivity index is 1.58. The highest BCUT2D eigenvalue weighted by molar-refractivity contribution is 5.83. The van der Waals surface area contributed by atoms with Crippen LogP contribution < -0.4 is 0 Å². The molecule has 0 aromatic carbocycles. The van der Waals surface area contributed by atoms with Gasteiger partial charge in [0.25, 0.3) is 0 Å². The summed E-state index contributed by atoms with van der Waals surface area (Å²) in [5, 5.41) is 0. The van der Waals surface area contributed by atoms with Crippen LogP contribution in [-0.4, -0.2) is 5.78 Å². The summed E-state index contributed by atoms with van der Waals surface area (Å²) in [4.78, 5) is 12.3. The lowest BCUT2D eigenvalue weighted by molar-refractivity contribution is -0.124. The molecule has 3 rings (SSSR count). The Bertz CT molecular complexity index is 393. The van der Waals surface area contributed by atoms with Crippen LogP contribution in [0.4, 0.5) is 0 Å². The average Bonchev–Trinajstić information content (AvgIpc) is 2.91. The van der Waals surface area contributed by atoms with Crippen molar-refractivity contribution >= 4 is 5.78 Å². The molecule has 2 nitrogen and oxygen atoms in total. The summed E-state index contributed by atoms with van der Waals surface area (Å²) in [5.74, 6) is 2.52. The van der Waals surface area contributed by atoms with Crippen molar-refractivity contribution in [3.63, 3.8) is 0 Å². The van der Waals surface area contributed by atoms with Gasteiger partial charge in [-0.1, -0.05) is 25.7 Å². The first-order valence-corrected chi connectivity index (χ1v) is 7.36. The maximum absolute atomic E-state index is 12.3. The van der Waals surface area contributed by atoms with Crippen molar-refractivity contribution in [2.45, 2.75) is 51.4 Å². The minimum Gasteiger partial charge on any atom is -0.472 e. The Morgan fingerprint density at radius 1 is 1.17 bits per heavy atom. The molecule has 0 N–H and O–H groups in total. The monoisotopic (exact) mass is 246 g/mol. The first-order valence-electron chi connectivity index (χ1n) is 7.36. The molecule has 1 aromatic heterocycles. The van der Waals surface area contributed by atoms with E-state index < -0.39 is 0 Å². The fraction of sp³-hybridized carbons (Fsp3) is 0.688. The first-order chi connectivity index (χ1) is 8.83. The number of hydrogen-bond acceptors (Lipinski definition) is 2. The molecule has 0 amide bonds. The van der Waals surface area contributed by atoms with E-state index in [2.05, 4.69) is 0 Å². The van der Waals surface area contributed by atoms with Gasteiger partial charge in [0, 0.05) is 12.3 Å². The fourth-order valence-corrected chi connectivity index (χ4v) is 3.90. The minimum atomic E-state index is 0.319. The van der Waals surface area contributed by atoms with Crippen molar-refractivity contribution in [1.29, 1.82) is 0 Å². The van der Waals surface area contributed by atoms with E-state index in [0.717, 1.165) is 30.2 Å². The number of hydrogen-bond donors (Lipinski definition) is 0. The summed E-state index contributed by atoms with van der Waals surface area (Å²) >= 11 is 0. The zero-order valence-corrected chi connectivity index (χ0v) is 10.9. The van der Waals surface area contributed by atoms with Crippen LogP contribution in [0.1, 0.15) is 50.5 Å². The highest BCUT2D eigenvalue weighted by Crippen LogP contribution is 2.43. The second-order valence-electron chi connectivity index (χ2n) is 6.09. The number of Topliss-reactive ketones (excluding diaryl/α,β-unsaturated/α-hetero) is 1. The molecule has 3 atom stereocenters. The maximum Gasteiger partial charge on any atom is 0.140 e.